The molecule has 0 atom stereocenters. The Morgan fingerprint density at radius 3 is 2.54 bits per heavy atom. The van der Waals surface area contributed by atoms with Crippen molar-refractivity contribution in [2.75, 3.05) is 26.2 Å². The molecule has 0 unspecified atom stereocenters. The molecule has 0 bridgehead atoms. The third-order valence-electron chi connectivity index (χ3n) is 7.42. The monoisotopic (exact) mass is 481 g/mol. The van der Waals surface area contributed by atoms with Gasteiger partial charge in [-0.15, -0.1) is 0 Å². The highest BCUT2D eigenvalue weighted by Gasteiger charge is 2.38. The van der Waals surface area contributed by atoms with E-state index in [1.165, 1.54) is 18.1 Å². The smallest absolute Gasteiger partial charge is 0.227 e. The van der Waals surface area contributed by atoms with Crippen LogP contribution in [0.3, 0.4) is 0 Å². The zero-order valence-electron chi connectivity index (χ0n) is 21.2. The molecule has 1 aliphatic heterocycles. The number of hydrogen-bond donors (Lipinski definition) is 1. The molecule has 190 valence electrons. The summed E-state index contributed by atoms with van der Waals surface area (Å²) in [5.41, 5.74) is 2.11. The predicted molar refractivity (Wildman–Crippen MR) is 133 cm³/mol. The summed E-state index contributed by atoms with van der Waals surface area (Å²) in [5.74, 6) is 1.08. The molecule has 0 radical (unpaired) electrons. The maximum Gasteiger partial charge on any atom is 0.227 e. The molecule has 1 aromatic heterocycles. The average Bonchev–Trinajstić information content (AvgIpc) is 3.03. The first-order chi connectivity index (χ1) is 16.9. The van der Waals surface area contributed by atoms with Crippen LogP contribution in [-0.2, 0) is 28.1 Å². The van der Waals surface area contributed by atoms with Gasteiger partial charge in [-0.1, -0.05) is 55.1 Å². The van der Waals surface area contributed by atoms with Gasteiger partial charge in [0.15, 0.2) is 5.82 Å². The van der Waals surface area contributed by atoms with Gasteiger partial charge in [0.05, 0.1) is 0 Å². The first-order valence-electron chi connectivity index (χ1n) is 13.1. The van der Waals surface area contributed by atoms with Crippen LogP contribution in [0.25, 0.3) is 0 Å². The lowest BCUT2D eigenvalue weighted by Gasteiger charge is -2.30. The number of aryl methyl sites for hydroxylation is 2. The Labute approximate surface area is 208 Å². The van der Waals surface area contributed by atoms with Crippen LogP contribution >= 0.6 is 0 Å². The number of aromatic nitrogens is 2. The van der Waals surface area contributed by atoms with Crippen LogP contribution in [0.2, 0.25) is 0 Å². The summed E-state index contributed by atoms with van der Waals surface area (Å²) in [6, 6.07) is 8.50. The van der Waals surface area contributed by atoms with Gasteiger partial charge in [-0.25, -0.2) is 0 Å². The van der Waals surface area contributed by atoms with E-state index in [-0.39, 0.29) is 11.8 Å². The highest BCUT2D eigenvalue weighted by molar-refractivity contribution is 5.76. The lowest BCUT2D eigenvalue weighted by Crippen LogP contribution is -2.45. The van der Waals surface area contributed by atoms with Gasteiger partial charge < -0.3 is 14.7 Å². The second kappa shape index (κ2) is 11.8. The second-order valence-electron chi connectivity index (χ2n) is 10.1. The van der Waals surface area contributed by atoms with E-state index in [0.717, 1.165) is 77.7 Å². The minimum Gasteiger partial charge on any atom is -0.343 e. The Bertz CT molecular complexity index is 996. The fourth-order valence-electron chi connectivity index (χ4n) is 5.40. The number of amides is 2. The van der Waals surface area contributed by atoms with E-state index in [1.54, 1.807) is 0 Å². The first-order valence-corrected chi connectivity index (χ1v) is 13.1. The topological polar surface area (TPSA) is 91.6 Å². The van der Waals surface area contributed by atoms with E-state index in [0.29, 0.717) is 24.6 Å². The van der Waals surface area contributed by atoms with Crippen LogP contribution in [0, 0.1) is 6.92 Å². The van der Waals surface area contributed by atoms with Crippen molar-refractivity contribution >= 4 is 11.8 Å². The second-order valence-corrected chi connectivity index (χ2v) is 10.1. The van der Waals surface area contributed by atoms with Crippen molar-refractivity contribution < 1.29 is 14.1 Å². The van der Waals surface area contributed by atoms with Crippen LogP contribution in [0.4, 0.5) is 0 Å². The zero-order valence-corrected chi connectivity index (χ0v) is 21.2. The fraction of sp³-hybridized carbons (Fsp3) is 0.630. The predicted octanol–water partition coefficient (Wildman–Crippen LogP) is 3.73. The number of nitrogens with zero attached hydrogens (tertiary/aromatic N) is 4. The molecular formula is C27H39N5O3. The Morgan fingerprint density at radius 1 is 1.03 bits per heavy atom. The molecular weight excluding hydrogens is 442 g/mol. The summed E-state index contributed by atoms with van der Waals surface area (Å²) >= 11 is 0. The van der Waals surface area contributed by atoms with Crippen molar-refractivity contribution in [2.24, 2.45) is 0 Å². The summed E-state index contributed by atoms with van der Waals surface area (Å²) in [4.78, 5) is 33.9. The quantitative estimate of drug-likeness (QED) is 0.606. The Morgan fingerprint density at radius 2 is 1.80 bits per heavy atom. The third-order valence-corrected chi connectivity index (χ3v) is 7.42. The van der Waals surface area contributed by atoms with Crippen molar-refractivity contribution in [3.05, 3.63) is 47.1 Å². The Kier molecular flexibility index (Phi) is 8.55. The van der Waals surface area contributed by atoms with E-state index < -0.39 is 5.54 Å². The molecule has 8 nitrogen and oxygen atoms in total. The molecule has 1 aromatic carbocycles. The van der Waals surface area contributed by atoms with Gasteiger partial charge in [0.25, 0.3) is 0 Å². The molecule has 2 amide bonds. The van der Waals surface area contributed by atoms with Gasteiger partial charge in [-0.3, -0.25) is 14.5 Å². The molecule has 1 N–H and O–H groups in total. The zero-order chi connectivity index (χ0) is 24.7. The van der Waals surface area contributed by atoms with Gasteiger partial charge in [-0.05, 0) is 37.3 Å². The lowest BCUT2D eigenvalue weighted by atomic mass is 9.89. The van der Waals surface area contributed by atoms with Crippen molar-refractivity contribution in [3.63, 3.8) is 0 Å². The third kappa shape index (κ3) is 6.69. The first kappa shape index (κ1) is 25.4. The molecule has 2 fully saturated rings. The minimum absolute atomic E-state index is 0.0777. The van der Waals surface area contributed by atoms with Crippen molar-refractivity contribution in [2.45, 2.75) is 83.7 Å². The summed E-state index contributed by atoms with van der Waals surface area (Å²) < 4.78 is 5.53. The average molecular weight is 482 g/mol. The number of rotatable bonds is 7. The van der Waals surface area contributed by atoms with Crippen molar-refractivity contribution in [1.29, 1.82) is 0 Å². The molecule has 8 heteroatoms. The van der Waals surface area contributed by atoms with Gasteiger partial charge in [0.2, 0.25) is 17.7 Å². The molecule has 1 aliphatic carbocycles. The largest absolute Gasteiger partial charge is 0.343 e. The summed E-state index contributed by atoms with van der Waals surface area (Å²) in [6.45, 7) is 8.01. The Hall–Kier alpha value is -2.74. The van der Waals surface area contributed by atoms with Gasteiger partial charge >= 0.3 is 0 Å². The number of hydrogen-bond acceptors (Lipinski definition) is 6. The van der Waals surface area contributed by atoms with Crippen LogP contribution in [0.1, 0.15) is 81.1 Å². The number of carbonyl (C=O) groups excluding carboxylic acids is 2. The van der Waals surface area contributed by atoms with E-state index in [1.807, 2.05) is 4.90 Å². The summed E-state index contributed by atoms with van der Waals surface area (Å²) in [7, 11) is 0. The molecule has 2 aliphatic rings. The molecule has 1 saturated carbocycles. The minimum atomic E-state index is -0.556. The number of carbonyl (C=O) groups is 2. The van der Waals surface area contributed by atoms with E-state index in [4.69, 9.17) is 4.52 Å². The molecule has 1 saturated heterocycles. The van der Waals surface area contributed by atoms with Crippen molar-refractivity contribution in [1.82, 2.24) is 25.3 Å². The maximum atomic E-state index is 13.0. The Balaban J connectivity index is 1.31. The summed E-state index contributed by atoms with van der Waals surface area (Å²) in [5, 5.41) is 7.35. The number of benzene rings is 1. The van der Waals surface area contributed by atoms with Gasteiger partial charge in [-0.2, -0.15) is 4.98 Å². The molecule has 35 heavy (non-hydrogen) atoms. The SMILES string of the molecule is CC(=O)NC1(c2noc(CCC(=O)N3CCCN(Cc4ccccc4C)CC3)n2)CCCCCC1. The van der Waals surface area contributed by atoms with Crippen LogP contribution < -0.4 is 5.32 Å². The summed E-state index contributed by atoms with van der Waals surface area (Å²) in [6.07, 6.45) is 7.74. The number of nitrogens with one attached hydrogen (secondary N) is 1. The molecule has 4 rings (SSSR count). The molecule has 2 aromatic rings. The van der Waals surface area contributed by atoms with Gasteiger partial charge in [0.1, 0.15) is 5.54 Å². The van der Waals surface area contributed by atoms with E-state index in [2.05, 4.69) is 51.5 Å². The molecule has 2 heterocycles. The van der Waals surface area contributed by atoms with Gasteiger partial charge in [0, 0.05) is 52.5 Å². The lowest BCUT2D eigenvalue weighted by molar-refractivity contribution is -0.131. The molecule has 0 spiro atoms. The van der Waals surface area contributed by atoms with Crippen LogP contribution in [-0.4, -0.2) is 57.9 Å². The van der Waals surface area contributed by atoms with E-state index in [9.17, 15) is 9.59 Å². The maximum absolute atomic E-state index is 13.0. The standard InChI is InChI=1S/C27H39N5O3/c1-21-10-5-6-11-23(21)20-31-16-9-17-32(19-18-31)25(34)13-12-24-28-26(30-35-24)27(29-22(2)33)14-7-3-4-8-15-27/h5-6,10-11H,3-4,7-9,12-20H2,1-2H3,(H,29,33). The van der Waals surface area contributed by atoms with Crippen LogP contribution in [0.15, 0.2) is 28.8 Å². The highest BCUT2D eigenvalue weighted by Crippen LogP contribution is 2.34. The van der Waals surface area contributed by atoms with Crippen LogP contribution in [0.5, 0.6) is 0 Å². The van der Waals surface area contributed by atoms with Crippen molar-refractivity contribution in [3.8, 4) is 0 Å². The van der Waals surface area contributed by atoms with E-state index >= 15 is 0 Å². The fourth-order valence-corrected chi connectivity index (χ4v) is 5.40. The normalized spacial score (nSPS) is 19.1. The highest BCUT2D eigenvalue weighted by atomic mass is 16.5.